The first-order valence-electron chi connectivity index (χ1n) is 10.3. The normalized spacial score (nSPS) is 12.2. The number of fused-ring (bicyclic) bond motifs is 1. The van der Waals surface area contributed by atoms with Crippen molar-refractivity contribution in [3.05, 3.63) is 35.0 Å². The Hall–Kier alpha value is -1.36. The average Bonchev–Trinajstić information content (AvgIpc) is 2.59. The van der Waals surface area contributed by atoms with Crippen LogP contribution in [0.25, 0.3) is 10.9 Å². The fraction of sp³-hybridized carbons (Fsp3) is 0.609. The second kappa shape index (κ2) is 12.3. The lowest BCUT2D eigenvalue weighted by molar-refractivity contribution is 0.200. The SMILES string of the molecule is CC(C)CNCC(C)C.CCN(CC(C)O)c1ccc2nc(C)cc(Cl)c2c1. The third kappa shape index (κ3) is 8.76. The topological polar surface area (TPSA) is 48.4 Å². The van der Waals surface area contributed by atoms with Crippen molar-refractivity contribution in [2.75, 3.05) is 31.1 Å². The lowest BCUT2D eigenvalue weighted by atomic mass is 10.1. The highest BCUT2D eigenvalue weighted by atomic mass is 35.5. The molecule has 2 rings (SSSR count). The minimum atomic E-state index is -0.359. The molecule has 0 saturated heterocycles. The van der Waals surface area contributed by atoms with Crippen molar-refractivity contribution in [2.24, 2.45) is 11.8 Å². The molecule has 0 saturated carbocycles. The lowest BCUT2D eigenvalue weighted by Gasteiger charge is -2.25. The van der Waals surface area contributed by atoms with Crippen LogP contribution in [0.2, 0.25) is 5.02 Å². The molecule has 28 heavy (non-hydrogen) atoms. The molecule has 0 spiro atoms. The highest BCUT2D eigenvalue weighted by Crippen LogP contribution is 2.27. The van der Waals surface area contributed by atoms with Crippen molar-refractivity contribution < 1.29 is 5.11 Å². The number of likely N-dealkylation sites (N-methyl/N-ethyl adjacent to an activating group) is 1. The van der Waals surface area contributed by atoms with Crippen LogP contribution < -0.4 is 10.2 Å². The van der Waals surface area contributed by atoms with E-state index in [4.69, 9.17) is 11.6 Å². The fourth-order valence-electron chi connectivity index (χ4n) is 2.89. The first-order chi connectivity index (χ1) is 13.1. The van der Waals surface area contributed by atoms with Gasteiger partial charge in [-0.15, -0.1) is 0 Å². The molecule has 0 amide bonds. The Morgan fingerprint density at radius 2 is 1.68 bits per heavy atom. The molecule has 0 bridgehead atoms. The molecular formula is C23H38ClN3O. The molecule has 0 aliphatic heterocycles. The van der Waals surface area contributed by atoms with Gasteiger partial charge in [-0.1, -0.05) is 39.3 Å². The van der Waals surface area contributed by atoms with Crippen LogP contribution in [-0.2, 0) is 0 Å². The van der Waals surface area contributed by atoms with Crippen molar-refractivity contribution in [1.29, 1.82) is 0 Å². The Kier molecular flexibility index (Phi) is 10.8. The maximum Gasteiger partial charge on any atom is 0.0721 e. The minimum absolute atomic E-state index is 0.359. The standard InChI is InChI=1S/C15H19ClN2O.C8H19N/c1-4-18(9-11(3)19)12-5-6-15-13(8-12)14(16)7-10(2)17-15;1-7(2)5-9-6-8(3)4/h5-8,11,19H,4,9H2,1-3H3;7-9H,5-6H2,1-4H3. The van der Waals surface area contributed by atoms with E-state index in [0.29, 0.717) is 6.54 Å². The van der Waals surface area contributed by atoms with Crippen molar-refractivity contribution in [3.63, 3.8) is 0 Å². The van der Waals surface area contributed by atoms with Crippen LogP contribution in [0, 0.1) is 18.8 Å². The van der Waals surface area contributed by atoms with E-state index in [1.54, 1.807) is 6.92 Å². The summed E-state index contributed by atoms with van der Waals surface area (Å²) in [5.74, 6) is 1.56. The highest BCUT2D eigenvalue weighted by molar-refractivity contribution is 6.35. The van der Waals surface area contributed by atoms with E-state index in [0.717, 1.165) is 58.8 Å². The number of rotatable bonds is 8. The van der Waals surface area contributed by atoms with E-state index in [9.17, 15) is 5.11 Å². The minimum Gasteiger partial charge on any atom is -0.392 e. The molecular weight excluding hydrogens is 370 g/mol. The molecule has 2 N–H and O–H groups in total. The molecule has 0 aliphatic carbocycles. The number of aromatic nitrogens is 1. The van der Waals surface area contributed by atoms with Crippen molar-refractivity contribution in [2.45, 2.75) is 54.6 Å². The summed E-state index contributed by atoms with van der Waals surface area (Å²) in [5.41, 5.74) is 2.88. The number of nitrogens with one attached hydrogen (secondary N) is 1. The lowest BCUT2D eigenvalue weighted by Crippen LogP contribution is -2.30. The van der Waals surface area contributed by atoms with E-state index in [2.05, 4.69) is 49.8 Å². The maximum absolute atomic E-state index is 9.54. The fourth-order valence-corrected chi connectivity index (χ4v) is 3.20. The summed E-state index contributed by atoms with van der Waals surface area (Å²) in [7, 11) is 0. The van der Waals surface area contributed by atoms with Gasteiger partial charge in [0.1, 0.15) is 0 Å². The van der Waals surface area contributed by atoms with E-state index >= 15 is 0 Å². The van der Waals surface area contributed by atoms with Crippen molar-refractivity contribution in [1.82, 2.24) is 10.3 Å². The van der Waals surface area contributed by atoms with Gasteiger partial charge in [-0.2, -0.15) is 0 Å². The molecule has 1 heterocycles. The largest absolute Gasteiger partial charge is 0.392 e. The van der Waals surface area contributed by atoms with Crippen LogP contribution in [-0.4, -0.2) is 42.4 Å². The molecule has 1 unspecified atom stereocenters. The first kappa shape index (κ1) is 24.7. The molecule has 1 aromatic heterocycles. The summed E-state index contributed by atoms with van der Waals surface area (Å²) in [5, 5.41) is 14.6. The van der Waals surface area contributed by atoms with Gasteiger partial charge in [0.05, 0.1) is 16.6 Å². The molecule has 4 nitrogen and oxygen atoms in total. The predicted octanol–water partition coefficient (Wildman–Crippen LogP) is 5.29. The van der Waals surface area contributed by atoms with E-state index in [-0.39, 0.29) is 6.10 Å². The molecule has 2 aromatic rings. The molecule has 158 valence electrons. The number of aliphatic hydroxyl groups excluding tert-OH is 1. The summed E-state index contributed by atoms with van der Waals surface area (Å²) >= 11 is 6.28. The van der Waals surface area contributed by atoms with Gasteiger partial charge in [0.25, 0.3) is 0 Å². The Morgan fingerprint density at radius 3 is 2.18 bits per heavy atom. The smallest absolute Gasteiger partial charge is 0.0721 e. The van der Waals surface area contributed by atoms with E-state index in [1.165, 1.54) is 0 Å². The highest BCUT2D eigenvalue weighted by Gasteiger charge is 2.10. The van der Waals surface area contributed by atoms with Gasteiger partial charge in [0.2, 0.25) is 0 Å². The maximum atomic E-state index is 9.54. The van der Waals surface area contributed by atoms with Crippen LogP contribution in [0.15, 0.2) is 24.3 Å². The van der Waals surface area contributed by atoms with Crippen LogP contribution in [0.5, 0.6) is 0 Å². The number of benzene rings is 1. The van der Waals surface area contributed by atoms with Crippen LogP contribution >= 0.6 is 11.6 Å². The van der Waals surface area contributed by atoms with E-state index < -0.39 is 0 Å². The number of pyridine rings is 1. The predicted molar refractivity (Wildman–Crippen MR) is 124 cm³/mol. The second-order valence-corrected chi connectivity index (χ2v) is 8.69. The number of aliphatic hydroxyl groups is 1. The Morgan fingerprint density at radius 1 is 1.07 bits per heavy atom. The van der Waals surface area contributed by atoms with Gasteiger partial charge in [-0.05, 0) is 70.0 Å². The zero-order valence-electron chi connectivity index (χ0n) is 18.6. The van der Waals surface area contributed by atoms with Gasteiger partial charge in [0, 0.05) is 29.9 Å². The molecule has 0 fully saturated rings. The monoisotopic (exact) mass is 407 g/mol. The van der Waals surface area contributed by atoms with Crippen LogP contribution in [0.4, 0.5) is 5.69 Å². The number of hydrogen-bond donors (Lipinski definition) is 2. The Balaban J connectivity index is 0.000000370. The van der Waals surface area contributed by atoms with Gasteiger partial charge in [0.15, 0.2) is 0 Å². The third-order valence-corrected chi connectivity index (χ3v) is 4.52. The van der Waals surface area contributed by atoms with Crippen LogP contribution in [0.3, 0.4) is 0 Å². The summed E-state index contributed by atoms with van der Waals surface area (Å²) in [6.45, 7) is 18.5. The van der Waals surface area contributed by atoms with E-state index in [1.807, 2.05) is 31.2 Å². The molecule has 0 radical (unpaired) electrons. The summed E-state index contributed by atoms with van der Waals surface area (Å²) < 4.78 is 0. The second-order valence-electron chi connectivity index (χ2n) is 8.28. The quantitative estimate of drug-likeness (QED) is 0.624. The van der Waals surface area contributed by atoms with Gasteiger partial charge < -0.3 is 15.3 Å². The number of anilines is 1. The van der Waals surface area contributed by atoms with Gasteiger partial charge in [-0.25, -0.2) is 0 Å². The third-order valence-electron chi connectivity index (χ3n) is 4.21. The van der Waals surface area contributed by atoms with Crippen molar-refractivity contribution in [3.8, 4) is 0 Å². The Labute approximate surface area is 176 Å². The zero-order chi connectivity index (χ0) is 21.3. The van der Waals surface area contributed by atoms with Gasteiger partial charge in [-0.3, -0.25) is 4.98 Å². The Bertz CT molecular complexity index is 708. The summed E-state index contributed by atoms with van der Waals surface area (Å²) in [6.07, 6.45) is -0.359. The molecule has 5 heteroatoms. The molecule has 1 aromatic carbocycles. The zero-order valence-corrected chi connectivity index (χ0v) is 19.3. The first-order valence-corrected chi connectivity index (χ1v) is 10.7. The summed E-state index contributed by atoms with van der Waals surface area (Å²) in [4.78, 5) is 6.60. The number of halogens is 1. The van der Waals surface area contributed by atoms with Crippen molar-refractivity contribution >= 4 is 28.2 Å². The molecule has 0 aliphatic rings. The summed E-state index contributed by atoms with van der Waals surface area (Å²) in [6, 6.07) is 7.92. The number of aryl methyl sites for hydroxylation is 1. The molecule has 1 atom stereocenters. The van der Waals surface area contributed by atoms with Crippen LogP contribution in [0.1, 0.15) is 47.2 Å². The van der Waals surface area contributed by atoms with Gasteiger partial charge >= 0.3 is 0 Å². The average molecular weight is 408 g/mol. The number of hydrogen-bond acceptors (Lipinski definition) is 4. The number of nitrogens with zero attached hydrogens (tertiary/aromatic N) is 2.